The number of hydrogen-bond acceptors (Lipinski definition) is 1. The average molecular weight is 774 g/mol. The van der Waals surface area contributed by atoms with Gasteiger partial charge in [0, 0.05) is 16.8 Å². The van der Waals surface area contributed by atoms with Crippen molar-refractivity contribution in [3.05, 3.63) is 237 Å². The molecule has 0 spiro atoms. The van der Waals surface area contributed by atoms with Crippen LogP contribution in [0.1, 0.15) is 0 Å². The van der Waals surface area contributed by atoms with E-state index in [1.165, 1.54) is 99.1 Å². The van der Waals surface area contributed by atoms with Crippen molar-refractivity contribution in [3.8, 4) is 66.8 Å². The highest BCUT2D eigenvalue weighted by Gasteiger charge is 2.27. The van der Waals surface area contributed by atoms with Gasteiger partial charge in [-0.3, -0.25) is 0 Å². The molecule has 0 N–H and O–H groups in total. The van der Waals surface area contributed by atoms with Crippen LogP contribution in [0.2, 0.25) is 0 Å². The van der Waals surface area contributed by atoms with Gasteiger partial charge < -0.3 is 4.90 Å². The van der Waals surface area contributed by atoms with Crippen LogP contribution >= 0.6 is 0 Å². The first-order valence-corrected chi connectivity index (χ1v) is 21.1. The largest absolute Gasteiger partial charge is 0.309 e. The van der Waals surface area contributed by atoms with Crippen LogP contribution in [-0.2, 0) is 0 Å². The molecule has 1 nitrogen and oxygen atoms in total. The summed E-state index contributed by atoms with van der Waals surface area (Å²) in [6.45, 7) is 0. The SMILES string of the molecule is c1ccc(-c2ccc3c(c2)-c2ccc(-c4cccc(-c5ccc6c7ccccc7c7ccccc7c6c5)c4)cc2-c2cc(-c4ccccc4)ccc2N3c2ccccc2)cc1. The van der Waals surface area contributed by atoms with Gasteiger partial charge in [0.05, 0.1) is 11.4 Å². The van der Waals surface area contributed by atoms with Gasteiger partial charge in [0.25, 0.3) is 0 Å². The Bertz CT molecular complexity index is 3420. The quantitative estimate of drug-likeness (QED) is 0.157. The Kier molecular flexibility index (Phi) is 8.25. The first-order valence-electron chi connectivity index (χ1n) is 21.1. The van der Waals surface area contributed by atoms with Gasteiger partial charge in [-0.1, -0.05) is 182 Å². The van der Waals surface area contributed by atoms with Crippen molar-refractivity contribution >= 4 is 49.4 Å². The number of hydrogen-bond donors (Lipinski definition) is 0. The Morgan fingerprint density at radius 2 is 0.574 bits per heavy atom. The van der Waals surface area contributed by atoms with Gasteiger partial charge in [-0.05, 0) is 143 Å². The van der Waals surface area contributed by atoms with Crippen LogP contribution in [0.25, 0.3) is 99.1 Å². The van der Waals surface area contributed by atoms with E-state index in [1.807, 2.05) is 0 Å². The summed E-state index contributed by atoms with van der Waals surface area (Å²) in [6, 6.07) is 87.0. The summed E-state index contributed by atoms with van der Waals surface area (Å²) in [5, 5.41) is 7.74. The molecule has 61 heavy (non-hydrogen) atoms. The van der Waals surface area contributed by atoms with Gasteiger partial charge in [0.1, 0.15) is 0 Å². The average Bonchev–Trinajstić information content (AvgIpc) is 3.46. The van der Waals surface area contributed by atoms with Crippen LogP contribution in [-0.4, -0.2) is 0 Å². The van der Waals surface area contributed by atoms with Crippen LogP contribution in [0.15, 0.2) is 237 Å². The molecular formula is C60H39N. The van der Waals surface area contributed by atoms with Crippen LogP contribution in [0.3, 0.4) is 0 Å². The zero-order valence-electron chi connectivity index (χ0n) is 33.5. The Hall–Kier alpha value is -8.00. The van der Waals surface area contributed by atoms with Gasteiger partial charge in [-0.15, -0.1) is 0 Å². The van der Waals surface area contributed by atoms with Gasteiger partial charge in [-0.2, -0.15) is 0 Å². The van der Waals surface area contributed by atoms with Gasteiger partial charge in [0.15, 0.2) is 0 Å². The lowest BCUT2D eigenvalue weighted by Crippen LogP contribution is -2.11. The Labute approximate surface area is 356 Å². The molecular weight excluding hydrogens is 735 g/mol. The summed E-state index contributed by atoms with van der Waals surface area (Å²) >= 11 is 0. The summed E-state index contributed by atoms with van der Waals surface area (Å²) in [7, 11) is 0. The molecule has 1 aliphatic heterocycles. The number of para-hydroxylation sites is 1. The second-order valence-electron chi connectivity index (χ2n) is 16.1. The van der Waals surface area contributed by atoms with Crippen LogP contribution < -0.4 is 4.90 Å². The summed E-state index contributed by atoms with van der Waals surface area (Å²) in [5.74, 6) is 0. The first kappa shape index (κ1) is 35.0. The lowest BCUT2D eigenvalue weighted by atomic mass is 9.88. The number of benzene rings is 11. The molecule has 1 aliphatic rings. The van der Waals surface area contributed by atoms with Crippen LogP contribution in [0, 0.1) is 0 Å². The molecule has 0 radical (unpaired) electrons. The van der Waals surface area contributed by atoms with E-state index in [-0.39, 0.29) is 0 Å². The van der Waals surface area contributed by atoms with Crippen molar-refractivity contribution in [1.29, 1.82) is 0 Å². The van der Waals surface area contributed by atoms with E-state index in [1.54, 1.807) is 0 Å². The Balaban J connectivity index is 1.06. The zero-order valence-corrected chi connectivity index (χ0v) is 33.5. The molecule has 0 amide bonds. The van der Waals surface area contributed by atoms with E-state index in [0.717, 1.165) is 17.1 Å². The molecule has 0 aromatic heterocycles. The smallest absolute Gasteiger partial charge is 0.0540 e. The predicted molar refractivity (Wildman–Crippen MR) is 260 cm³/mol. The summed E-state index contributed by atoms with van der Waals surface area (Å²) in [5.41, 5.74) is 17.8. The minimum atomic E-state index is 1.13. The molecule has 1 heterocycles. The van der Waals surface area contributed by atoms with Crippen molar-refractivity contribution in [2.45, 2.75) is 0 Å². The van der Waals surface area contributed by atoms with E-state index in [4.69, 9.17) is 0 Å². The van der Waals surface area contributed by atoms with Gasteiger partial charge in [-0.25, -0.2) is 0 Å². The van der Waals surface area contributed by atoms with Crippen LogP contribution in [0.5, 0.6) is 0 Å². The standard InChI is InChI=1S/C60H39N/c1-4-15-40(16-5-1)44-29-33-59-57(38-44)54-32-28-47(37-56(54)58-39-45(41-17-6-2-7-18-41)30-34-60(58)61(59)48-21-8-3-9-22-48)43-20-14-19-42(35-43)46-27-31-53-51-25-11-10-23-49(51)50-24-12-13-26-52(50)55(53)36-46/h1-39H. The molecule has 0 fully saturated rings. The normalized spacial score (nSPS) is 11.9. The van der Waals surface area contributed by atoms with E-state index in [0.29, 0.717) is 0 Å². The highest BCUT2D eigenvalue weighted by atomic mass is 15.1. The highest BCUT2D eigenvalue weighted by molar-refractivity contribution is 6.25. The van der Waals surface area contributed by atoms with E-state index >= 15 is 0 Å². The molecule has 11 aromatic rings. The second kappa shape index (κ2) is 14.4. The van der Waals surface area contributed by atoms with E-state index in [2.05, 4.69) is 241 Å². The molecule has 0 atom stereocenters. The minimum absolute atomic E-state index is 1.13. The van der Waals surface area contributed by atoms with E-state index in [9.17, 15) is 0 Å². The van der Waals surface area contributed by atoms with Crippen molar-refractivity contribution in [2.75, 3.05) is 4.90 Å². The summed E-state index contributed by atoms with van der Waals surface area (Å²) in [4.78, 5) is 2.45. The minimum Gasteiger partial charge on any atom is -0.309 e. The molecule has 284 valence electrons. The van der Waals surface area contributed by atoms with Crippen molar-refractivity contribution in [2.24, 2.45) is 0 Å². The fourth-order valence-corrected chi connectivity index (χ4v) is 9.65. The van der Waals surface area contributed by atoms with Crippen LogP contribution in [0.4, 0.5) is 17.1 Å². The Morgan fingerprint density at radius 1 is 0.197 bits per heavy atom. The number of anilines is 3. The molecule has 0 aliphatic carbocycles. The maximum Gasteiger partial charge on any atom is 0.0540 e. The second-order valence-corrected chi connectivity index (χ2v) is 16.1. The summed E-state index contributed by atoms with van der Waals surface area (Å²) in [6.07, 6.45) is 0. The lowest BCUT2D eigenvalue weighted by Gasteiger charge is -2.28. The number of nitrogens with zero attached hydrogens (tertiary/aromatic N) is 1. The fraction of sp³-hybridized carbons (Fsp3) is 0. The third-order valence-electron chi connectivity index (χ3n) is 12.6. The summed E-state index contributed by atoms with van der Waals surface area (Å²) < 4.78 is 0. The van der Waals surface area contributed by atoms with Crippen molar-refractivity contribution in [3.63, 3.8) is 0 Å². The zero-order chi connectivity index (χ0) is 40.3. The van der Waals surface area contributed by atoms with E-state index < -0.39 is 0 Å². The third-order valence-corrected chi connectivity index (χ3v) is 12.6. The maximum absolute atomic E-state index is 2.45. The molecule has 0 saturated carbocycles. The Morgan fingerprint density at radius 3 is 1.15 bits per heavy atom. The molecule has 0 saturated heterocycles. The number of rotatable bonds is 5. The topological polar surface area (TPSA) is 3.24 Å². The predicted octanol–water partition coefficient (Wildman–Crippen LogP) is 16.9. The molecule has 1 heteroatoms. The van der Waals surface area contributed by atoms with Crippen molar-refractivity contribution < 1.29 is 0 Å². The lowest BCUT2D eigenvalue weighted by molar-refractivity contribution is 1.29. The maximum atomic E-state index is 2.45. The molecule has 0 bridgehead atoms. The molecule has 0 unspecified atom stereocenters. The van der Waals surface area contributed by atoms with Gasteiger partial charge >= 0.3 is 0 Å². The molecule has 11 aromatic carbocycles. The molecule has 12 rings (SSSR count). The first-order chi connectivity index (χ1) is 30.2. The van der Waals surface area contributed by atoms with Crippen molar-refractivity contribution in [1.82, 2.24) is 0 Å². The highest BCUT2D eigenvalue weighted by Crippen LogP contribution is 2.53. The van der Waals surface area contributed by atoms with Gasteiger partial charge in [0.2, 0.25) is 0 Å². The fourth-order valence-electron chi connectivity index (χ4n) is 9.65. The number of fused-ring (bicyclic) bond motifs is 11. The third kappa shape index (κ3) is 5.93. The monoisotopic (exact) mass is 773 g/mol.